The second kappa shape index (κ2) is 9.06. The first-order valence-electron chi connectivity index (χ1n) is 15.1. The molecule has 3 aliphatic carbocycles. The van der Waals surface area contributed by atoms with E-state index in [1.165, 1.54) is 44.2 Å². The van der Waals surface area contributed by atoms with Gasteiger partial charge in [0.2, 0.25) is 0 Å². The molecule has 8 nitrogen and oxygen atoms in total. The molecule has 4 heterocycles. The van der Waals surface area contributed by atoms with Gasteiger partial charge in [0.05, 0.1) is 18.3 Å². The van der Waals surface area contributed by atoms with E-state index in [1.54, 1.807) is 7.11 Å². The lowest BCUT2D eigenvalue weighted by molar-refractivity contribution is 0.0700. The first-order valence-corrected chi connectivity index (χ1v) is 15.1. The summed E-state index contributed by atoms with van der Waals surface area (Å²) in [4.78, 5) is 26.0. The number of ether oxygens (including phenoxy) is 1. The summed E-state index contributed by atoms with van der Waals surface area (Å²) in [7, 11) is 3.71. The van der Waals surface area contributed by atoms with Gasteiger partial charge in [-0.3, -0.25) is 4.79 Å². The van der Waals surface area contributed by atoms with Crippen LogP contribution in [0.5, 0.6) is 5.75 Å². The summed E-state index contributed by atoms with van der Waals surface area (Å²) in [6.45, 7) is 1.71. The van der Waals surface area contributed by atoms with Crippen LogP contribution in [0.3, 0.4) is 0 Å². The summed E-state index contributed by atoms with van der Waals surface area (Å²) in [5.74, 6) is 3.26. The zero-order valence-electron chi connectivity index (χ0n) is 23.5. The highest BCUT2D eigenvalue weighted by molar-refractivity contribution is 6.00. The number of aromatic nitrogens is 4. The van der Waals surface area contributed by atoms with Crippen LogP contribution >= 0.6 is 0 Å². The van der Waals surface area contributed by atoms with Crippen molar-refractivity contribution in [3.05, 3.63) is 41.6 Å². The molecule has 1 aliphatic heterocycles. The molecule has 3 aromatic heterocycles. The number of hydrogen-bond acceptors (Lipinski definition) is 5. The van der Waals surface area contributed by atoms with Crippen LogP contribution in [0.2, 0.25) is 0 Å². The summed E-state index contributed by atoms with van der Waals surface area (Å²) in [5.41, 5.74) is 12.1. The number of carbonyl (C=O) groups excluding carboxylic acids is 1. The fourth-order valence-corrected chi connectivity index (χ4v) is 7.79. The van der Waals surface area contributed by atoms with E-state index < -0.39 is 0 Å². The van der Waals surface area contributed by atoms with Gasteiger partial charge in [-0.05, 0) is 80.7 Å². The lowest BCUT2D eigenvalue weighted by Gasteiger charge is -2.27. The molecule has 2 N–H and O–H groups in total. The Balaban J connectivity index is 1.23. The molecule has 1 aromatic carbocycles. The van der Waals surface area contributed by atoms with E-state index in [0.29, 0.717) is 29.1 Å². The van der Waals surface area contributed by atoms with Gasteiger partial charge in [-0.15, -0.1) is 0 Å². The van der Waals surface area contributed by atoms with Gasteiger partial charge in [0.1, 0.15) is 16.9 Å². The van der Waals surface area contributed by atoms with E-state index in [1.807, 2.05) is 24.1 Å². The summed E-state index contributed by atoms with van der Waals surface area (Å²) in [6.07, 6.45) is 9.74. The third-order valence-electron chi connectivity index (χ3n) is 10.2. The predicted molar refractivity (Wildman–Crippen MR) is 155 cm³/mol. The van der Waals surface area contributed by atoms with Crippen molar-refractivity contribution in [2.24, 2.45) is 24.6 Å². The fourth-order valence-electron chi connectivity index (χ4n) is 7.79. The number of amides is 1. The Hall–Kier alpha value is -3.39. The van der Waals surface area contributed by atoms with Gasteiger partial charge < -0.3 is 24.5 Å². The Bertz CT molecular complexity index is 1640. The SMILES string of the molecule is COc1cc(C(=O)N2CC3CCC2[C@@H]3N)cc2nc(-c3cc4ccc(C5CCCC5)nc4n3CC3CC3)n(C)c12. The summed E-state index contributed by atoms with van der Waals surface area (Å²) in [5, 5.41) is 1.16. The van der Waals surface area contributed by atoms with Gasteiger partial charge in [0.15, 0.2) is 5.82 Å². The molecule has 3 saturated carbocycles. The van der Waals surface area contributed by atoms with Crippen LogP contribution in [-0.4, -0.2) is 55.6 Å². The second-order valence-corrected chi connectivity index (χ2v) is 12.7. The molecular weight excluding hydrogens is 500 g/mol. The summed E-state index contributed by atoms with van der Waals surface area (Å²) < 4.78 is 10.4. The molecule has 1 amide bonds. The topological polar surface area (TPSA) is 91.2 Å². The normalized spacial score (nSPS) is 24.7. The molecule has 4 aliphatic rings. The highest BCUT2D eigenvalue weighted by Crippen LogP contribution is 2.41. The van der Waals surface area contributed by atoms with E-state index in [9.17, 15) is 4.79 Å². The maximum Gasteiger partial charge on any atom is 0.254 e. The largest absolute Gasteiger partial charge is 0.494 e. The van der Waals surface area contributed by atoms with Crippen molar-refractivity contribution in [3.8, 4) is 17.3 Å². The standard InChI is InChI=1S/C32H38N6O2/c1-36-29-24(13-22(15-27(29)40-2)32(39)38-17-21-10-12-25(38)28(21)33)35-31(36)26-14-20-9-11-23(19-5-3-4-6-19)34-30(20)37(26)16-18-7-8-18/h9,11,13-15,18-19,21,25,28H,3-8,10,12,16-17,33H2,1-2H3/t21?,25?,28-/m1/s1. The number of aryl methyl sites for hydroxylation is 1. The minimum Gasteiger partial charge on any atom is -0.494 e. The van der Waals surface area contributed by atoms with Crippen LogP contribution in [-0.2, 0) is 13.6 Å². The molecule has 8 rings (SSSR count). The van der Waals surface area contributed by atoms with Crippen molar-refractivity contribution < 1.29 is 9.53 Å². The van der Waals surface area contributed by atoms with Gasteiger partial charge >= 0.3 is 0 Å². The Morgan fingerprint density at radius 2 is 1.88 bits per heavy atom. The van der Waals surface area contributed by atoms with E-state index in [4.69, 9.17) is 20.4 Å². The second-order valence-electron chi connectivity index (χ2n) is 12.7. The number of benzene rings is 1. The maximum absolute atomic E-state index is 13.7. The first kappa shape index (κ1) is 24.4. The number of methoxy groups -OCH3 is 1. The molecule has 2 unspecified atom stereocenters. The van der Waals surface area contributed by atoms with E-state index in [0.717, 1.165) is 59.5 Å². The fraction of sp³-hybridized carbons (Fsp3) is 0.531. The molecule has 1 saturated heterocycles. The van der Waals surface area contributed by atoms with Gasteiger partial charge in [-0.25, -0.2) is 9.97 Å². The Morgan fingerprint density at radius 3 is 2.58 bits per heavy atom. The number of nitrogens with zero attached hydrogens (tertiary/aromatic N) is 5. The zero-order valence-corrected chi connectivity index (χ0v) is 23.5. The average molecular weight is 539 g/mol. The number of nitrogens with two attached hydrogens (primary N) is 1. The molecule has 4 aromatic rings. The lowest BCUT2D eigenvalue weighted by atomic mass is 10.0. The minimum absolute atomic E-state index is 0.0292. The average Bonchev–Trinajstić information content (AvgIpc) is 3.34. The highest BCUT2D eigenvalue weighted by atomic mass is 16.5. The zero-order chi connectivity index (χ0) is 27.1. The van der Waals surface area contributed by atoms with Crippen LogP contribution in [0.15, 0.2) is 30.3 Å². The van der Waals surface area contributed by atoms with Crippen molar-refractivity contribution in [2.45, 2.75) is 75.9 Å². The van der Waals surface area contributed by atoms with Crippen LogP contribution in [0, 0.1) is 11.8 Å². The molecule has 8 heteroatoms. The van der Waals surface area contributed by atoms with Gasteiger partial charge in [-0.2, -0.15) is 0 Å². The number of carbonyl (C=O) groups is 1. The third-order valence-corrected chi connectivity index (χ3v) is 10.2. The van der Waals surface area contributed by atoms with Gasteiger partial charge in [0, 0.05) is 54.8 Å². The number of fused-ring (bicyclic) bond motifs is 4. The molecular formula is C32H38N6O2. The number of pyridine rings is 1. The first-order chi connectivity index (χ1) is 19.5. The Morgan fingerprint density at radius 1 is 1.05 bits per heavy atom. The Kier molecular flexibility index (Phi) is 5.53. The number of piperidine rings is 1. The molecule has 208 valence electrons. The summed E-state index contributed by atoms with van der Waals surface area (Å²) in [6, 6.07) is 10.8. The van der Waals surface area contributed by atoms with Crippen molar-refractivity contribution in [2.75, 3.05) is 13.7 Å². The molecule has 40 heavy (non-hydrogen) atoms. The highest BCUT2D eigenvalue weighted by Gasteiger charge is 2.47. The van der Waals surface area contributed by atoms with Crippen LogP contribution < -0.4 is 10.5 Å². The smallest absolute Gasteiger partial charge is 0.254 e. The quantitative estimate of drug-likeness (QED) is 0.363. The van der Waals surface area contributed by atoms with E-state index in [-0.39, 0.29) is 18.0 Å². The van der Waals surface area contributed by atoms with E-state index >= 15 is 0 Å². The molecule has 4 fully saturated rings. The third kappa shape index (κ3) is 3.71. The van der Waals surface area contributed by atoms with Crippen molar-refractivity contribution in [1.82, 2.24) is 24.0 Å². The predicted octanol–water partition coefficient (Wildman–Crippen LogP) is 5.23. The molecule has 3 atom stereocenters. The summed E-state index contributed by atoms with van der Waals surface area (Å²) >= 11 is 0. The van der Waals surface area contributed by atoms with Gasteiger partial charge in [0.25, 0.3) is 5.91 Å². The monoisotopic (exact) mass is 538 g/mol. The van der Waals surface area contributed by atoms with Crippen molar-refractivity contribution in [3.63, 3.8) is 0 Å². The van der Waals surface area contributed by atoms with Crippen molar-refractivity contribution >= 4 is 28.0 Å². The number of hydrogen-bond donors (Lipinski definition) is 1. The minimum atomic E-state index is 0.0292. The lowest BCUT2D eigenvalue weighted by Crippen LogP contribution is -2.41. The van der Waals surface area contributed by atoms with Crippen LogP contribution in [0.4, 0.5) is 0 Å². The maximum atomic E-state index is 13.7. The van der Waals surface area contributed by atoms with Crippen molar-refractivity contribution in [1.29, 1.82) is 0 Å². The van der Waals surface area contributed by atoms with Crippen LogP contribution in [0.1, 0.15) is 73.3 Å². The van der Waals surface area contributed by atoms with Gasteiger partial charge in [-0.1, -0.05) is 12.8 Å². The molecule has 0 radical (unpaired) electrons. The Labute approximate surface area is 234 Å². The number of likely N-dealkylation sites (tertiary alicyclic amines) is 1. The molecule has 2 bridgehead atoms. The molecule has 0 spiro atoms. The number of rotatable bonds is 6. The van der Waals surface area contributed by atoms with Crippen LogP contribution in [0.25, 0.3) is 33.6 Å². The van der Waals surface area contributed by atoms with E-state index in [2.05, 4.69) is 27.3 Å². The number of imidazole rings is 1.